The zero-order chi connectivity index (χ0) is 10.8. The summed E-state index contributed by atoms with van der Waals surface area (Å²) in [4.78, 5) is 2.80. The highest BCUT2D eigenvalue weighted by molar-refractivity contribution is 4.92. The van der Waals surface area contributed by atoms with Crippen LogP contribution in [0.1, 0.15) is 51.4 Å². The second kappa shape index (κ2) is 5.05. The van der Waals surface area contributed by atoms with Gasteiger partial charge in [0, 0.05) is 12.1 Å². The van der Waals surface area contributed by atoms with Gasteiger partial charge in [-0.05, 0) is 64.1 Å². The maximum atomic E-state index is 3.72. The molecule has 2 saturated carbocycles. The zero-order valence-corrected chi connectivity index (χ0v) is 10.5. The molecule has 1 heterocycles. The van der Waals surface area contributed by atoms with Crippen molar-refractivity contribution in [2.75, 3.05) is 19.6 Å². The Kier molecular flexibility index (Phi) is 3.49. The van der Waals surface area contributed by atoms with Gasteiger partial charge in [0.2, 0.25) is 0 Å². The number of hydrogen-bond acceptors (Lipinski definition) is 2. The van der Waals surface area contributed by atoms with Crippen LogP contribution in [0.15, 0.2) is 0 Å². The average molecular weight is 222 g/mol. The molecule has 0 radical (unpaired) electrons. The maximum Gasteiger partial charge on any atom is 0.0136 e. The van der Waals surface area contributed by atoms with E-state index in [2.05, 4.69) is 10.2 Å². The van der Waals surface area contributed by atoms with Gasteiger partial charge in [0.25, 0.3) is 0 Å². The predicted molar refractivity (Wildman–Crippen MR) is 67.6 cm³/mol. The molecule has 3 fully saturated rings. The quantitative estimate of drug-likeness (QED) is 0.786. The summed E-state index contributed by atoms with van der Waals surface area (Å²) in [6.45, 7) is 4.06. The summed E-state index contributed by atoms with van der Waals surface area (Å²) >= 11 is 0. The van der Waals surface area contributed by atoms with Gasteiger partial charge in [0.05, 0.1) is 0 Å². The van der Waals surface area contributed by atoms with Crippen LogP contribution in [0, 0.1) is 5.92 Å². The van der Waals surface area contributed by atoms with Gasteiger partial charge in [-0.2, -0.15) is 0 Å². The van der Waals surface area contributed by atoms with Gasteiger partial charge in [-0.15, -0.1) is 0 Å². The lowest BCUT2D eigenvalue weighted by Gasteiger charge is -2.44. The molecule has 0 aromatic heterocycles. The van der Waals surface area contributed by atoms with Gasteiger partial charge in [-0.1, -0.05) is 12.8 Å². The third-order valence-electron chi connectivity index (χ3n) is 4.73. The monoisotopic (exact) mass is 222 g/mol. The van der Waals surface area contributed by atoms with E-state index in [0.717, 1.165) is 18.0 Å². The smallest absolute Gasteiger partial charge is 0.0136 e. The van der Waals surface area contributed by atoms with Crippen LogP contribution in [0.4, 0.5) is 0 Å². The van der Waals surface area contributed by atoms with Crippen molar-refractivity contribution < 1.29 is 0 Å². The van der Waals surface area contributed by atoms with Crippen molar-refractivity contribution in [2.45, 2.75) is 63.5 Å². The Balaban J connectivity index is 1.45. The van der Waals surface area contributed by atoms with Crippen molar-refractivity contribution in [2.24, 2.45) is 5.92 Å². The van der Waals surface area contributed by atoms with E-state index in [1.54, 1.807) is 0 Å². The molecule has 0 amide bonds. The van der Waals surface area contributed by atoms with Gasteiger partial charge in [0.15, 0.2) is 0 Å². The number of nitrogens with zero attached hydrogens (tertiary/aromatic N) is 1. The highest BCUT2D eigenvalue weighted by atomic mass is 15.2. The van der Waals surface area contributed by atoms with Crippen LogP contribution < -0.4 is 5.32 Å². The molecule has 2 nitrogen and oxygen atoms in total. The lowest BCUT2D eigenvalue weighted by atomic mass is 9.78. The van der Waals surface area contributed by atoms with Crippen LogP contribution in [-0.2, 0) is 0 Å². The van der Waals surface area contributed by atoms with Crippen molar-refractivity contribution in [3.63, 3.8) is 0 Å². The minimum absolute atomic E-state index is 0.894. The highest BCUT2D eigenvalue weighted by Crippen LogP contribution is 2.33. The van der Waals surface area contributed by atoms with Crippen molar-refractivity contribution in [3.8, 4) is 0 Å². The SMILES string of the molecule is C1CCCN(C2CCC2CNC2CC2)CC1. The molecule has 0 bridgehead atoms. The van der Waals surface area contributed by atoms with E-state index in [-0.39, 0.29) is 0 Å². The van der Waals surface area contributed by atoms with Crippen molar-refractivity contribution in [3.05, 3.63) is 0 Å². The van der Waals surface area contributed by atoms with E-state index >= 15 is 0 Å². The van der Waals surface area contributed by atoms with Crippen LogP contribution >= 0.6 is 0 Å². The van der Waals surface area contributed by atoms with Crippen LogP contribution in [0.3, 0.4) is 0 Å². The molecule has 0 aromatic carbocycles. The van der Waals surface area contributed by atoms with Gasteiger partial charge >= 0.3 is 0 Å². The molecule has 3 aliphatic rings. The first kappa shape index (κ1) is 11.0. The van der Waals surface area contributed by atoms with E-state index in [0.29, 0.717) is 0 Å². The standard InChI is InChI=1S/C14H26N2/c1-2-4-10-16(9-3-1)14-8-5-12(14)11-15-13-6-7-13/h12-15H,1-11H2. The fraction of sp³-hybridized carbons (Fsp3) is 1.00. The number of hydrogen-bond donors (Lipinski definition) is 1. The summed E-state index contributed by atoms with van der Waals surface area (Å²) < 4.78 is 0. The fourth-order valence-electron chi connectivity index (χ4n) is 3.30. The Bertz CT molecular complexity index is 217. The van der Waals surface area contributed by atoms with E-state index < -0.39 is 0 Å². The lowest BCUT2D eigenvalue weighted by molar-refractivity contribution is 0.0644. The minimum Gasteiger partial charge on any atom is -0.314 e. The Morgan fingerprint density at radius 1 is 0.875 bits per heavy atom. The number of rotatable bonds is 4. The molecule has 2 heteroatoms. The van der Waals surface area contributed by atoms with E-state index in [1.165, 1.54) is 71.0 Å². The number of nitrogens with one attached hydrogen (secondary N) is 1. The van der Waals surface area contributed by atoms with Gasteiger partial charge in [0.1, 0.15) is 0 Å². The largest absolute Gasteiger partial charge is 0.314 e. The Morgan fingerprint density at radius 2 is 1.62 bits per heavy atom. The molecule has 0 spiro atoms. The van der Waals surface area contributed by atoms with Gasteiger partial charge in [-0.25, -0.2) is 0 Å². The summed E-state index contributed by atoms with van der Waals surface area (Å²) in [6.07, 6.45) is 11.6. The molecule has 0 aromatic rings. The molecule has 1 N–H and O–H groups in total. The topological polar surface area (TPSA) is 15.3 Å². The van der Waals surface area contributed by atoms with Crippen molar-refractivity contribution in [1.29, 1.82) is 0 Å². The van der Waals surface area contributed by atoms with Gasteiger partial charge in [-0.3, -0.25) is 0 Å². The third kappa shape index (κ3) is 2.60. The highest BCUT2D eigenvalue weighted by Gasteiger charge is 2.36. The second-order valence-electron chi connectivity index (χ2n) is 6.04. The predicted octanol–water partition coefficient (Wildman–Crippen LogP) is 2.39. The summed E-state index contributed by atoms with van der Waals surface area (Å²) in [6, 6.07) is 1.83. The molecule has 16 heavy (non-hydrogen) atoms. The molecule has 92 valence electrons. The summed E-state index contributed by atoms with van der Waals surface area (Å²) in [5.41, 5.74) is 0. The summed E-state index contributed by atoms with van der Waals surface area (Å²) in [5.74, 6) is 0.971. The lowest BCUT2D eigenvalue weighted by Crippen LogP contribution is -2.51. The first-order chi connectivity index (χ1) is 7.93. The van der Waals surface area contributed by atoms with Crippen LogP contribution in [0.5, 0.6) is 0 Å². The summed E-state index contributed by atoms with van der Waals surface area (Å²) in [7, 11) is 0. The van der Waals surface area contributed by atoms with E-state index in [9.17, 15) is 0 Å². The molecule has 1 saturated heterocycles. The third-order valence-corrected chi connectivity index (χ3v) is 4.73. The fourth-order valence-corrected chi connectivity index (χ4v) is 3.30. The first-order valence-corrected chi connectivity index (χ1v) is 7.41. The minimum atomic E-state index is 0.894. The van der Waals surface area contributed by atoms with E-state index in [4.69, 9.17) is 0 Å². The Hall–Kier alpha value is -0.0800. The normalized spacial score (nSPS) is 36.8. The van der Waals surface area contributed by atoms with Crippen molar-refractivity contribution >= 4 is 0 Å². The maximum absolute atomic E-state index is 3.72. The zero-order valence-electron chi connectivity index (χ0n) is 10.5. The molecular formula is C14H26N2. The van der Waals surface area contributed by atoms with Crippen LogP contribution in [-0.4, -0.2) is 36.6 Å². The first-order valence-electron chi connectivity index (χ1n) is 7.41. The Labute approximate surface area is 99.8 Å². The Morgan fingerprint density at radius 3 is 2.19 bits per heavy atom. The van der Waals surface area contributed by atoms with Crippen LogP contribution in [0.2, 0.25) is 0 Å². The number of likely N-dealkylation sites (tertiary alicyclic amines) is 1. The summed E-state index contributed by atoms with van der Waals surface area (Å²) in [5, 5.41) is 3.72. The molecular weight excluding hydrogens is 196 g/mol. The van der Waals surface area contributed by atoms with Gasteiger partial charge < -0.3 is 10.2 Å². The second-order valence-corrected chi connectivity index (χ2v) is 6.04. The molecule has 2 atom stereocenters. The molecule has 2 unspecified atom stereocenters. The van der Waals surface area contributed by atoms with E-state index in [1.807, 2.05) is 0 Å². The van der Waals surface area contributed by atoms with Crippen LogP contribution in [0.25, 0.3) is 0 Å². The molecule has 3 rings (SSSR count). The average Bonchev–Trinajstić information content (AvgIpc) is 3.03. The molecule has 2 aliphatic carbocycles. The van der Waals surface area contributed by atoms with Crippen molar-refractivity contribution in [1.82, 2.24) is 10.2 Å². The molecule has 1 aliphatic heterocycles.